The van der Waals surface area contributed by atoms with Gasteiger partial charge in [0.15, 0.2) is 0 Å². The second kappa shape index (κ2) is 5.19. The van der Waals surface area contributed by atoms with E-state index in [0.29, 0.717) is 16.8 Å². The molecular formula is C14H12N4O. The number of nitriles is 1. The van der Waals surface area contributed by atoms with Crippen molar-refractivity contribution in [1.82, 2.24) is 4.98 Å². The molecule has 0 fully saturated rings. The van der Waals surface area contributed by atoms with Gasteiger partial charge in [-0.2, -0.15) is 5.26 Å². The van der Waals surface area contributed by atoms with E-state index in [1.165, 1.54) is 11.1 Å². The topological polar surface area (TPSA) is 83.0 Å². The molecular weight excluding hydrogens is 240 g/mol. The molecule has 0 aliphatic heterocycles. The summed E-state index contributed by atoms with van der Waals surface area (Å²) in [4.78, 5) is 17.6. The van der Waals surface area contributed by atoms with Crippen LogP contribution < -0.4 is 10.6 Å². The van der Waals surface area contributed by atoms with E-state index in [4.69, 9.17) is 11.0 Å². The number of pyridine rings is 1. The molecule has 0 atom stereocenters. The Morgan fingerprint density at radius 2 is 2.16 bits per heavy atom. The summed E-state index contributed by atoms with van der Waals surface area (Å²) in [6.45, 7) is 0. The Labute approximate surface area is 110 Å². The molecule has 1 heterocycles. The Hall–Kier alpha value is -2.87. The summed E-state index contributed by atoms with van der Waals surface area (Å²) in [7, 11) is 1.63. The molecule has 0 aliphatic rings. The molecule has 0 aliphatic carbocycles. The van der Waals surface area contributed by atoms with Crippen molar-refractivity contribution in [2.45, 2.75) is 0 Å². The number of nitrogen functional groups attached to an aromatic ring is 1. The van der Waals surface area contributed by atoms with Crippen molar-refractivity contribution in [1.29, 1.82) is 5.26 Å². The Morgan fingerprint density at radius 3 is 2.84 bits per heavy atom. The van der Waals surface area contributed by atoms with Gasteiger partial charge in [-0.1, -0.05) is 6.07 Å². The molecule has 1 amide bonds. The number of amides is 1. The lowest BCUT2D eigenvalue weighted by atomic mass is 10.2. The molecule has 1 aromatic heterocycles. The molecule has 0 saturated carbocycles. The third-order valence-electron chi connectivity index (χ3n) is 2.74. The highest BCUT2D eigenvalue weighted by Gasteiger charge is 2.16. The van der Waals surface area contributed by atoms with Gasteiger partial charge in [0.05, 0.1) is 17.2 Å². The number of carbonyl (C=O) groups is 1. The molecule has 94 valence electrons. The molecule has 0 saturated heterocycles. The van der Waals surface area contributed by atoms with Crippen LogP contribution in [0.2, 0.25) is 0 Å². The number of carbonyl (C=O) groups excluding carboxylic acids is 1. The number of anilines is 2. The van der Waals surface area contributed by atoms with E-state index in [2.05, 4.69) is 4.98 Å². The van der Waals surface area contributed by atoms with E-state index in [-0.39, 0.29) is 11.7 Å². The standard InChI is InChI=1S/C14H12N4O/c1-18(11-5-2-4-10(8-11)9-15)14(19)12-6-3-7-17-13(12)16/h2-8H,1H3,(H2,16,17). The van der Waals surface area contributed by atoms with Crippen molar-refractivity contribution < 1.29 is 4.79 Å². The fourth-order valence-corrected chi connectivity index (χ4v) is 1.68. The quantitative estimate of drug-likeness (QED) is 0.883. The predicted octanol–water partition coefficient (Wildman–Crippen LogP) is 1.81. The number of benzene rings is 1. The molecule has 5 heteroatoms. The number of nitrogens with zero attached hydrogens (tertiary/aromatic N) is 3. The van der Waals surface area contributed by atoms with Gasteiger partial charge in [0.1, 0.15) is 5.82 Å². The fourth-order valence-electron chi connectivity index (χ4n) is 1.68. The number of aromatic nitrogens is 1. The predicted molar refractivity (Wildman–Crippen MR) is 72.5 cm³/mol. The maximum Gasteiger partial charge on any atom is 0.261 e. The second-order valence-corrected chi connectivity index (χ2v) is 3.96. The maximum atomic E-state index is 12.3. The van der Waals surface area contributed by atoms with Crippen LogP contribution in [0.25, 0.3) is 0 Å². The maximum absolute atomic E-state index is 12.3. The molecule has 2 rings (SSSR count). The van der Waals surface area contributed by atoms with Crippen molar-refractivity contribution in [3.63, 3.8) is 0 Å². The largest absolute Gasteiger partial charge is 0.383 e. The minimum Gasteiger partial charge on any atom is -0.383 e. The highest BCUT2D eigenvalue weighted by molar-refractivity contribution is 6.08. The average molecular weight is 252 g/mol. The van der Waals surface area contributed by atoms with Gasteiger partial charge in [-0.05, 0) is 30.3 Å². The average Bonchev–Trinajstić information content (AvgIpc) is 2.46. The summed E-state index contributed by atoms with van der Waals surface area (Å²) in [5, 5.41) is 8.86. The zero-order chi connectivity index (χ0) is 13.8. The Bertz CT molecular complexity index is 660. The third-order valence-corrected chi connectivity index (χ3v) is 2.74. The minimum absolute atomic E-state index is 0.191. The Kier molecular flexibility index (Phi) is 3.44. The van der Waals surface area contributed by atoms with Crippen LogP contribution in [-0.4, -0.2) is 17.9 Å². The van der Waals surface area contributed by atoms with Gasteiger partial charge in [0.25, 0.3) is 5.91 Å². The molecule has 2 N–H and O–H groups in total. The third kappa shape index (κ3) is 2.53. The number of nitrogens with two attached hydrogens (primary N) is 1. The first-order valence-corrected chi connectivity index (χ1v) is 5.62. The van der Waals surface area contributed by atoms with Crippen LogP contribution in [0.3, 0.4) is 0 Å². The summed E-state index contributed by atoms with van der Waals surface area (Å²) >= 11 is 0. The van der Waals surface area contributed by atoms with Crippen LogP contribution in [0.4, 0.5) is 11.5 Å². The van der Waals surface area contributed by atoms with Crippen LogP contribution in [-0.2, 0) is 0 Å². The first kappa shape index (κ1) is 12.6. The van der Waals surface area contributed by atoms with Crippen molar-refractivity contribution in [2.75, 3.05) is 17.7 Å². The van der Waals surface area contributed by atoms with Gasteiger partial charge in [-0.25, -0.2) is 4.98 Å². The Balaban J connectivity index is 2.34. The fraction of sp³-hybridized carbons (Fsp3) is 0.0714. The SMILES string of the molecule is CN(C(=O)c1cccnc1N)c1cccc(C#N)c1. The van der Waals surface area contributed by atoms with E-state index in [1.54, 1.807) is 43.4 Å². The highest BCUT2D eigenvalue weighted by Crippen LogP contribution is 2.18. The van der Waals surface area contributed by atoms with E-state index in [9.17, 15) is 4.79 Å². The monoisotopic (exact) mass is 252 g/mol. The van der Waals surface area contributed by atoms with Crippen LogP contribution in [0, 0.1) is 11.3 Å². The summed E-state index contributed by atoms with van der Waals surface area (Å²) in [6.07, 6.45) is 1.53. The summed E-state index contributed by atoms with van der Waals surface area (Å²) in [5.74, 6) is -0.0727. The summed E-state index contributed by atoms with van der Waals surface area (Å²) < 4.78 is 0. The number of hydrogen-bond acceptors (Lipinski definition) is 4. The van der Waals surface area contributed by atoms with Gasteiger partial charge in [0, 0.05) is 18.9 Å². The Morgan fingerprint density at radius 1 is 1.37 bits per heavy atom. The van der Waals surface area contributed by atoms with Crippen LogP contribution in [0.15, 0.2) is 42.6 Å². The zero-order valence-corrected chi connectivity index (χ0v) is 10.4. The molecule has 0 bridgehead atoms. The summed E-state index contributed by atoms with van der Waals surface area (Å²) in [5.41, 5.74) is 7.15. The molecule has 0 unspecified atom stereocenters. The van der Waals surface area contributed by atoms with Gasteiger partial charge in [0.2, 0.25) is 0 Å². The first-order valence-electron chi connectivity index (χ1n) is 5.62. The van der Waals surface area contributed by atoms with Gasteiger partial charge < -0.3 is 10.6 Å². The number of hydrogen-bond donors (Lipinski definition) is 1. The molecule has 5 nitrogen and oxygen atoms in total. The van der Waals surface area contributed by atoms with Crippen LogP contribution in [0.1, 0.15) is 15.9 Å². The van der Waals surface area contributed by atoms with Gasteiger partial charge in [-0.3, -0.25) is 4.79 Å². The van der Waals surface area contributed by atoms with Crippen LogP contribution in [0.5, 0.6) is 0 Å². The zero-order valence-electron chi connectivity index (χ0n) is 10.4. The van der Waals surface area contributed by atoms with E-state index < -0.39 is 0 Å². The van der Waals surface area contributed by atoms with E-state index in [1.807, 2.05) is 6.07 Å². The lowest BCUT2D eigenvalue weighted by Crippen LogP contribution is -2.27. The molecule has 0 radical (unpaired) electrons. The lowest BCUT2D eigenvalue weighted by Gasteiger charge is -2.18. The minimum atomic E-state index is -0.263. The van der Waals surface area contributed by atoms with E-state index >= 15 is 0 Å². The van der Waals surface area contributed by atoms with Gasteiger partial charge in [-0.15, -0.1) is 0 Å². The van der Waals surface area contributed by atoms with Crippen LogP contribution >= 0.6 is 0 Å². The second-order valence-electron chi connectivity index (χ2n) is 3.96. The van der Waals surface area contributed by atoms with Crippen molar-refractivity contribution in [3.8, 4) is 6.07 Å². The highest BCUT2D eigenvalue weighted by atomic mass is 16.2. The smallest absolute Gasteiger partial charge is 0.261 e. The van der Waals surface area contributed by atoms with Crippen molar-refractivity contribution in [2.24, 2.45) is 0 Å². The molecule has 1 aromatic carbocycles. The van der Waals surface area contributed by atoms with Gasteiger partial charge >= 0.3 is 0 Å². The summed E-state index contributed by atoms with van der Waals surface area (Å²) in [6, 6.07) is 12.1. The van der Waals surface area contributed by atoms with Crippen molar-refractivity contribution >= 4 is 17.4 Å². The van der Waals surface area contributed by atoms with E-state index in [0.717, 1.165) is 0 Å². The lowest BCUT2D eigenvalue weighted by molar-refractivity contribution is 0.0993. The first-order chi connectivity index (χ1) is 9.13. The number of rotatable bonds is 2. The molecule has 19 heavy (non-hydrogen) atoms. The molecule has 0 spiro atoms. The molecule has 2 aromatic rings. The van der Waals surface area contributed by atoms with Crippen molar-refractivity contribution in [3.05, 3.63) is 53.7 Å². The normalized spacial score (nSPS) is 9.68.